The van der Waals surface area contributed by atoms with Crippen molar-refractivity contribution in [3.8, 4) is 11.8 Å². The van der Waals surface area contributed by atoms with Crippen molar-refractivity contribution in [1.29, 1.82) is 5.26 Å². The van der Waals surface area contributed by atoms with E-state index >= 15 is 0 Å². The maximum absolute atomic E-state index is 12.1. The zero-order valence-electron chi connectivity index (χ0n) is 8.83. The van der Waals surface area contributed by atoms with Crippen LogP contribution in [0.2, 0.25) is 0 Å². The lowest BCUT2D eigenvalue weighted by molar-refractivity contribution is -0.274. The standard InChI is InChI=1S/C9H4Cl2F3NO3S/c10-3-5-1-6(4-15)7(18-9(12,13)14)2-8(5)19(11,16)17/h1-2H,3H2. The number of nitriles is 1. The second-order valence-electron chi connectivity index (χ2n) is 3.19. The lowest BCUT2D eigenvalue weighted by atomic mass is 10.1. The van der Waals surface area contributed by atoms with Crippen molar-refractivity contribution in [3.63, 3.8) is 0 Å². The lowest BCUT2D eigenvalue weighted by Crippen LogP contribution is -2.18. The summed E-state index contributed by atoms with van der Waals surface area (Å²) < 4.78 is 62.4. The fraction of sp³-hybridized carbons (Fsp3) is 0.222. The zero-order chi connectivity index (χ0) is 14.8. The molecule has 0 unspecified atom stereocenters. The molecule has 104 valence electrons. The van der Waals surface area contributed by atoms with Crippen LogP contribution in [0.4, 0.5) is 13.2 Å². The predicted octanol–water partition coefficient (Wildman–Crippen LogP) is 3.12. The highest BCUT2D eigenvalue weighted by Crippen LogP contribution is 2.32. The Morgan fingerprint density at radius 2 is 1.95 bits per heavy atom. The van der Waals surface area contributed by atoms with Crippen molar-refractivity contribution < 1.29 is 26.3 Å². The fourth-order valence-electron chi connectivity index (χ4n) is 1.23. The quantitative estimate of drug-likeness (QED) is 0.629. The minimum absolute atomic E-state index is 0.0947. The summed E-state index contributed by atoms with van der Waals surface area (Å²) in [7, 11) is 0.757. The molecule has 0 atom stereocenters. The van der Waals surface area contributed by atoms with Gasteiger partial charge in [0.1, 0.15) is 11.8 Å². The van der Waals surface area contributed by atoms with E-state index in [-0.39, 0.29) is 11.4 Å². The second kappa shape index (κ2) is 5.45. The Morgan fingerprint density at radius 1 is 1.37 bits per heavy atom. The Balaban J connectivity index is 3.53. The van der Waals surface area contributed by atoms with Gasteiger partial charge >= 0.3 is 6.36 Å². The number of hydrogen-bond acceptors (Lipinski definition) is 4. The van der Waals surface area contributed by atoms with E-state index in [1.54, 1.807) is 0 Å². The summed E-state index contributed by atoms with van der Waals surface area (Å²) in [6.07, 6.45) is -5.07. The number of benzene rings is 1. The van der Waals surface area contributed by atoms with E-state index in [1.165, 1.54) is 6.07 Å². The summed E-state index contributed by atoms with van der Waals surface area (Å²) in [6.45, 7) is 0. The first-order valence-electron chi connectivity index (χ1n) is 4.42. The lowest BCUT2D eigenvalue weighted by Gasteiger charge is -2.13. The second-order valence-corrected chi connectivity index (χ2v) is 5.99. The van der Waals surface area contributed by atoms with Crippen molar-refractivity contribution in [2.45, 2.75) is 17.1 Å². The van der Waals surface area contributed by atoms with Crippen molar-refractivity contribution in [2.75, 3.05) is 0 Å². The Labute approximate surface area is 115 Å². The van der Waals surface area contributed by atoms with Crippen LogP contribution in [0.1, 0.15) is 11.1 Å². The average molecular weight is 334 g/mol. The van der Waals surface area contributed by atoms with E-state index < -0.39 is 31.6 Å². The van der Waals surface area contributed by atoms with Gasteiger partial charge in [0, 0.05) is 22.6 Å². The first-order valence-corrected chi connectivity index (χ1v) is 7.26. The number of nitrogens with zero attached hydrogens (tertiary/aromatic N) is 1. The summed E-state index contributed by atoms with van der Waals surface area (Å²) in [4.78, 5) is -0.637. The van der Waals surface area contributed by atoms with Crippen LogP contribution >= 0.6 is 22.3 Å². The SMILES string of the molecule is N#Cc1cc(CCl)c(S(=O)(=O)Cl)cc1OC(F)(F)F. The normalized spacial score (nSPS) is 12.0. The maximum atomic E-state index is 12.1. The Hall–Kier alpha value is -1.17. The molecule has 0 spiro atoms. The number of ether oxygens (including phenoxy) is 1. The molecule has 1 aromatic rings. The molecular formula is C9H4Cl2F3NO3S. The highest BCUT2D eigenvalue weighted by molar-refractivity contribution is 8.13. The molecule has 1 aromatic carbocycles. The molecule has 0 saturated heterocycles. The molecule has 10 heteroatoms. The molecule has 0 bridgehead atoms. The summed E-state index contributed by atoms with van der Waals surface area (Å²) in [5, 5.41) is 8.71. The van der Waals surface area contributed by atoms with Crippen LogP contribution in [-0.4, -0.2) is 14.8 Å². The van der Waals surface area contributed by atoms with E-state index in [4.69, 9.17) is 27.5 Å². The number of rotatable bonds is 3. The number of hydrogen-bond donors (Lipinski definition) is 0. The zero-order valence-corrected chi connectivity index (χ0v) is 11.2. The first kappa shape index (κ1) is 15.9. The third-order valence-corrected chi connectivity index (χ3v) is 3.61. The van der Waals surface area contributed by atoms with Crippen molar-refractivity contribution >= 4 is 31.3 Å². The van der Waals surface area contributed by atoms with Gasteiger partial charge in [0.25, 0.3) is 9.05 Å². The number of alkyl halides is 4. The van der Waals surface area contributed by atoms with Crippen LogP contribution in [0.25, 0.3) is 0 Å². The smallest absolute Gasteiger partial charge is 0.404 e. The van der Waals surface area contributed by atoms with Crippen molar-refractivity contribution in [2.24, 2.45) is 0 Å². The molecule has 0 N–H and O–H groups in total. The summed E-state index contributed by atoms with van der Waals surface area (Å²) in [5.74, 6) is -1.30. The van der Waals surface area contributed by atoms with Crippen molar-refractivity contribution in [3.05, 3.63) is 23.3 Å². The van der Waals surface area contributed by atoms with Gasteiger partial charge in [-0.3, -0.25) is 0 Å². The molecule has 0 aliphatic heterocycles. The van der Waals surface area contributed by atoms with Crippen LogP contribution in [-0.2, 0) is 14.9 Å². The molecule has 0 aliphatic rings. The van der Waals surface area contributed by atoms with Crippen molar-refractivity contribution in [1.82, 2.24) is 0 Å². The molecular weight excluding hydrogens is 330 g/mol. The topological polar surface area (TPSA) is 67.2 Å². The molecule has 0 aromatic heterocycles. The first-order chi connectivity index (χ1) is 8.58. The molecule has 4 nitrogen and oxygen atoms in total. The Kier molecular flexibility index (Phi) is 4.55. The molecule has 0 aliphatic carbocycles. The van der Waals surface area contributed by atoms with Crippen LogP contribution in [0.5, 0.6) is 5.75 Å². The van der Waals surface area contributed by atoms with E-state index in [1.807, 2.05) is 0 Å². The van der Waals surface area contributed by atoms with Gasteiger partial charge in [0.05, 0.1) is 10.5 Å². The molecule has 0 radical (unpaired) electrons. The van der Waals surface area contributed by atoms with Gasteiger partial charge in [-0.1, -0.05) is 0 Å². The van der Waals surface area contributed by atoms with Gasteiger partial charge < -0.3 is 4.74 Å². The number of halogens is 5. The highest BCUT2D eigenvalue weighted by atomic mass is 35.7. The van der Waals surface area contributed by atoms with Gasteiger partial charge in [-0.15, -0.1) is 24.8 Å². The molecule has 19 heavy (non-hydrogen) atoms. The third-order valence-electron chi connectivity index (χ3n) is 1.92. The van der Waals surface area contributed by atoms with Gasteiger partial charge in [-0.05, 0) is 11.6 Å². The van der Waals surface area contributed by atoms with E-state index in [2.05, 4.69) is 4.74 Å². The summed E-state index contributed by atoms with van der Waals surface area (Å²) in [6, 6.07) is 2.85. The minimum atomic E-state index is -5.07. The van der Waals surface area contributed by atoms with E-state index in [0.717, 1.165) is 6.07 Å². The summed E-state index contributed by atoms with van der Waals surface area (Å²) in [5.41, 5.74) is -0.597. The predicted molar refractivity (Wildman–Crippen MR) is 60.4 cm³/mol. The van der Waals surface area contributed by atoms with Gasteiger partial charge in [-0.25, -0.2) is 8.42 Å². The third kappa shape index (κ3) is 4.16. The van der Waals surface area contributed by atoms with E-state index in [9.17, 15) is 21.6 Å². The van der Waals surface area contributed by atoms with Gasteiger partial charge in [0.15, 0.2) is 0 Å². The van der Waals surface area contributed by atoms with Crippen LogP contribution in [0.15, 0.2) is 17.0 Å². The molecule has 0 fully saturated rings. The van der Waals surface area contributed by atoms with Crippen LogP contribution < -0.4 is 4.74 Å². The largest absolute Gasteiger partial charge is 0.573 e. The van der Waals surface area contributed by atoms with E-state index in [0.29, 0.717) is 6.07 Å². The molecule has 1 rings (SSSR count). The summed E-state index contributed by atoms with van der Waals surface area (Å²) >= 11 is 5.46. The molecule has 0 amide bonds. The average Bonchev–Trinajstić information content (AvgIpc) is 2.25. The van der Waals surface area contributed by atoms with Gasteiger partial charge in [-0.2, -0.15) is 5.26 Å². The minimum Gasteiger partial charge on any atom is -0.404 e. The van der Waals surface area contributed by atoms with Gasteiger partial charge in [0.2, 0.25) is 0 Å². The Bertz CT molecular complexity index is 637. The fourth-order valence-corrected chi connectivity index (χ4v) is 2.66. The maximum Gasteiger partial charge on any atom is 0.573 e. The highest BCUT2D eigenvalue weighted by Gasteiger charge is 2.33. The van der Waals surface area contributed by atoms with Crippen LogP contribution in [0.3, 0.4) is 0 Å². The Morgan fingerprint density at radius 3 is 2.32 bits per heavy atom. The molecule has 0 saturated carbocycles. The monoisotopic (exact) mass is 333 g/mol. The molecule has 0 heterocycles. The van der Waals surface area contributed by atoms with Crippen LogP contribution in [0, 0.1) is 11.3 Å².